The fourth-order valence-electron chi connectivity index (χ4n) is 2.45. The molecule has 0 saturated carbocycles. The number of hydrogen-bond donors (Lipinski definition) is 0. The maximum Gasteiger partial charge on any atom is 4.00 e. The van der Waals surface area contributed by atoms with Crippen LogP contribution < -0.4 is 49.6 Å². The molecule has 4 aromatic rings. The summed E-state index contributed by atoms with van der Waals surface area (Å²) in [5, 5.41) is 0. The van der Waals surface area contributed by atoms with Gasteiger partial charge in [0.2, 0.25) is 0 Å². The van der Waals surface area contributed by atoms with Crippen molar-refractivity contribution in [2.24, 2.45) is 0 Å². The quantitative estimate of drug-likeness (QED) is 0.167. The van der Waals surface area contributed by atoms with Crippen LogP contribution in [-0.2, 0) is 43.4 Å². The second-order valence-corrected chi connectivity index (χ2v) is 6.98. The first kappa shape index (κ1) is 48.5. The van der Waals surface area contributed by atoms with Gasteiger partial charge in [-0.15, -0.1) is 12.2 Å². The Balaban J connectivity index is -0.0000000800. The van der Waals surface area contributed by atoms with Crippen LogP contribution in [0.3, 0.4) is 0 Å². The molecule has 0 aromatic heterocycles. The van der Waals surface area contributed by atoms with Gasteiger partial charge in [0.05, 0.1) is 0 Å². The van der Waals surface area contributed by atoms with Crippen LogP contribution in [0.5, 0.6) is 0 Å². The molecule has 192 valence electrons. The zero-order chi connectivity index (χ0) is 21.9. The Labute approximate surface area is 274 Å². The van der Waals surface area contributed by atoms with Gasteiger partial charge in [-0.1, -0.05) is 39.8 Å². The van der Waals surface area contributed by atoms with Crippen molar-refractivity contribution < 1.29 is 93.1 Å². The van der Waals surface area contributed by atoms with Gasteiger partial charge in [0.25, 0.3) is 0 Å². The van der Waals surface area contributed by atoms with Gasteiger partial charge in [-0.05, 0) is 12.8 Å². The molecule has 0 saturated heterocycles. The maximum atomic E-state index is 2.16. The summed E-state index contributed by atoms with van der Waals surface area (Å²) in [6.45, 7) is 8.44. The Morgan fingerprint density at radius 2 is 0.917 bits per heavy atom. The molecule has 0 atom stereocenters. The van der Waals surface area contributed by atoms with Crippen LogP contribution in [0.15, 0.2) is 109 Å². The zero-order valence-electron chi connectivity index (χ0n) is 21.5. The first-order valence-corrected chi connectivity index (χ1v) is 10.8. The van der Waals surface area contributed by atoms with Crippen molar-refractivity contribution in [2.45, 2.75) is 40.5 Å². The topological polar surface area (TPSA) is 0 Å². The molecule has 0 bridgehead atoms. The fourth-order valence-corrected chi connectivity index (χ4v) is 2.45. The average molecular weight is 634 g/mol. The zero-order valence-corrected chi connectivity index (χ0v) is 27.6. The van der Waals surface area contributed by atoms with Gasteiger partial charge in [-0.3, -0.25) is 0 Å². The van der Waals surface area contributed by atoms with Crippen molar-refractivity contribution in [3.63, 3.8) is 0 Å². The minimum atomic E-state index is 0. The number of halogens is 4. The smallest absolute Gasteiger partial charge is 1.00 e. The Morgan fingerprint density at radius 3 is 1.08 bits per heavy atom. The van der Waals surface area contributed by atoms with Gasteiger partial charge in [-0.2, -0.15) is 82.9 Å². The molecule has 6 heteroatoms. The molecule has 0 N–H and O–H groups in total. The van der Waals surface area contributed by atoms with Gasteiger partial charge in [0.15, 0.2) is 0 Å². The maximum absolute atomic E-state index is 2.16. The van der Waals surface area contributed by atoms with E-state index in [-0.39, 0.29) is 93.1 Å². The summed E-state index contributed by atoms with van der Waals surface area (Å²) in [6.07, 6.45) is 10.8. The molecule has 0 radical (unpaired) electrons. The summed E-state index contributed by atoms with van der Waals surface area (Å²) in [6, 6.07) is 33.1. The van der Waals surface area contributed by atoms with Crippen molar-refractivity contribution in [1.29, 1.82) is 0 Å². The predicted molar refractivity (Wildman–Crippen MR) is 136 cm³/mol. The minimum absolute atomic E-state index is 0. The van der Waals surface area contributed by atoms with E-state index in [1.54, 1.807) is 0 Å². The molecule has 0 aliphatic heterocycles. The van der Waals surface area contributed by atoms with Gasteiger partial charge in [0, 0.05) is 0 Å². The van der Waals surface area contributed by atoms with Crippen LogP contribution in [0.25, 0.3) is 12.2 Å². The van der Waals surface area contributed by atoms with Crippen LogP contribution >= 0.6 is 0 Å². The molecular weight excluding hydrogens is 598 g/mol. The van der Waals surface area contributed by atoms with Crippen LogP contribution in [-0.4, -0.2) is 0 Å². The normalized spacial score (nSPS) is 8.33. The summed E-state index contributed by atoms with van der Waals surface area (Å²) in [7, 11) is 0. The molecule has 36 heavy (non-hydrogen) atoms. The van der Waals surface area contributed by atoms with Crippen molar-refractivity contribution in [3.8, 4) is 0 Å². The molecule has 0 nitrogen and oxygen atoms in total. The molecule has 0 unspecified atom stereocenters. The van der Waals surface area contributed by atoms with Crippen LogP contribution in [0.1, 0.15) is 48.9 Å². The Morgan fingerprint density at radius 1 is 0.611 bits per heavy atom. The molecule has 0 aliphatic carbocycles. The summed E-state index contributed by atoms with van der Waals surface area (Å²) in [5.41, 5.74) is 5.29. The van der Waals surface area contributed by atoms with Crippen molar-refractivity contribution >= 4 is 12.2 Å². The average Bonchev–Trinajstić information content (AvgIpc) is 3.56. The van der Waals surface area contributed by atoms with Crippen molar-refractivity contribution in [1.82, 2.24) is 0 Å². The second-order valence-electron chi connectivity index (χ2n) is 6.98. The van der Waals surface area contributed by atoms with E-state index in [9.17, 15) is 0 Å². The minimum Gasteiger partial charge on any atom is -1.00 e. The fraction of sp³-hybridized carbons (Fsp3) is 0.200. The first-order chi connectivity index (χ1) is 14.7. The molecule has 0 aliphatic rings. The third-order valence-corrected chi connectivity index (χ3v) is 4.13. The molecule has 4 rings (SSSR count). The van der Waals surface area contributed by atoms with Crippen molar-refractivity contribution in [3.05, 3.63) is 131 Å². The van der Waals surface area contributed by atoms with E-state index in [4.69, 9.17) is 0 Å². The van der Waals surface area contributed by atoms with Gasteiger partial charge < -0.3 is 49.6 Å². The number of aryl methyl sites for hydroxylation is 2. The van der Waals surface area contributed by atoms with E-state index in [2.05, 4.69) is 125 Å². The Kier molecular flexibility index (Phi) is 46.5. The summed E-state index contributed by atoms with van der Waals surface area (Å²) >= 11 is 0. The van der Waals surface area contributed by atoms with Gasteiger partial charge >= 0.3 is 43.4 Å². The second kappa shape index (κ2) is 34.5. The van der Waals surface area contributed by atoms with Gasteiger partial charge in [0.1, 0.15) is 0 Å². The third kappa shape index (κ3) is 28.0. The van der Waals surface area contributed by atoms with E-state index in [0.717, 1.165) is 12.8 Å². The van der Waals surface area contributed by atoms with E-state index in [1.165, 1.54) is 22.3 Å². The van der Waals surface area contributed by atoms with E-state index in [0.29, 0.717) is 0 Å². The molecule has 4 aromatic carbocycles. The van der Waals surface area contributed by atoms with Crippen LogP contribution in [0, 0.1) is 13.8 Å². The number of hydrogen-bond acceptors (Lipinski definition) is 0. The van der Waals surface area contributed by atoms with Crippen LogP contribution in [0.4, 0.5) is 0 Å². The van der Waals surface area contributed by atoms with Crippen molar-refractivity contribution in [2.75, 3.05) is 0 Å². The Bertz CT molecular complexity index is 799. The first-order valence-electron chi connectivity index (χ1n) is 10.8. The molecule has 0 spiro atoms. The van der Waals surface area contributed by atoms with Gasteiger partial charge in [-0.25, -0.2) is 36.4 Å². The molecule has 0 fully saturated rings. The van der Waals surface area contributed by atoms with E-state index < -0.39 is 0 Å². The van der Waals surface area contributed by atoms with E-state index in [1.807, 2.05) is 24.3 Å². The predicted octanol–water partition coefficient (Wildman–Crippen LogP) is -2.90. The molecule has 0 amide bonds. The Hall–Kier alpha value is -0.531. The largest absolute Gasteiger partial charge is 4.00 e. The SMILES string of the molecule is CCC=Cc1cc[cH-]c1.CCC=Cc1cc[cH-]c1.C[c-]1cccc1.C[c-]1cccc1.[Cl-].[Cl-].[Cl-].[Cl-].[Ti+4].[Ti+4]. The summed E-state index contributed by atoms with van der Waals surface area (Å²) in [5.74, 6) is 0. The molecular formula is C30H36Cl4Ti2. The summed E-state index contributed by atoms with van der Waals surface area (Å²) in [4.78, 5) is 0. The molecule has 0 heterocycles. The summed E-state index contributed by atoms with van der Waals surface area (Å²) < 4.78 is 0. The number of allylic oxidation sites excluding steroid dienone is 2. The monoisotopic (exact) mass is 632 g/mol. The van der Waals surface area contributed by atoms with E-state index >= 15 is 0 Å². The van der Waals surface area contributed by atoms with Crippen LogP contribution in [0.2, 0.25) is 0 Å². The standard InChI is InChI=1S/2C9H11.2C6H7.4ClH.2Ti/c2*1-2-3-6-9-7-4-5-8-9;2*1-6-4-2-3-5-6;;;;;;/h2*3-8H,2H2,1H3;2*2-5H,1H3;4*1H;;/q4*-1;;;;;2*+4/p-4. The number of rotatable bonds is 4. The third-order valence-electron chi connectivity index (χ3n) is 4.13.